The summed E-state index contributed by atoms with van der Waals surface area (Å²) in [6.07, 6.45) is 1.61. The number of rotatable bonds is 5. The van der Waals surface area contributed by atoms with Gasteiger partial charge in [-0.1, -0.05) is 13.0 Å². The van der Waals surface area contributed by atoms with Gasteiger partial charge in [0.15, 0.2) is 0 Å². The summed E-state index contributed by atoms with van der Waals surface area (Å²) >= 11 is 0. The van der Waals surface area contributed by atoms with E-state index in [2.05, 4.69) is 10.3 Å². The molecular formula is C15H16F2N2O. The largest absolute Gasteiger partial charge is 0.481 e. The fourth-order valence-corrected chi connectivity index (χ4v) is 2.15. The summed E-state index contributed by atoms with van der Waals surface area (Å²) in [6.45, 7) is 2.56. The molecule has 1 atom stereocenters. The van der Waals surface area contributed by atoms with Crippen LogP contribution in [0.25, 0.3) is 0 Å². The molecule has 0 aliphatic heterocycles. The van der Waals surface area contributed by atoms with Gasteiger partial charge in [-0.25, -0.2) is 13.8 Å². The van der Waals surface area contributed by atoms with E-state index in [1.54, 1.807) is 12.3 Å². The van der Waals surface area contributed by atoms with Crippen LogP contribution < -0.4 is 10.1 Å². The van der Waals surface area contributed by atoms with Crippen LogP contribution in [0.4, 0.5) is 8.78 Å². The molecule has 0 aliphatic rings. The Morgan fingerprint density at radius 3 is 2.55 bits per heavy atom. The van der Waals surface area contributed by atoms with Crippen LogP contribution in [-0.4, -0.2) is 18.6 Å². The highest BCUT2D eigenvalue weighted by Gasteiger charge is 2.19. The van der Waals surface area contributed by atoms with Gasteiger partial charge in [-0.2, -0.15) is 0 Å². The van der Waals surface area contributed by atoms with Gasteiger partial charge in [-0.3, -0.25) is 0 Å². The molecule has 0 saturated carbocycles. The third-order valence-electron chi connectivity index (χ3n) is 2.93. The molecule has 5 heteroatoms. The van der Waals surface area contributed by atoms with E-state index in [4.69, 9.17) is 4.74 Å². The SMILES string of the molecule is CCNC(c1cc(F)cc(F)c1)c1cccnc1OC. The molecule has 1 unspecified atom stereocenters. The van der Waals surface area contributed by atoms with Crippen molar-refractivity contribution in [2.24, 2.45) is 0 Å². The Kier molecular flexibility index (Phi) is 4.63. The smallest absolute Gasteiger partial charge is 0.218 e. The fourth-order valence-electron chi connectivity index (χ4n) is 2.15. The monoisotopic (exact) mass is 278 g/mol. The number of aromatic nitrogens is 1. The second kappa shape index (κ2) is 6.43. The molecule has 2 rings (SSSR count). The van der Waals surface area contributed by atoms with Crippen LogP contribution in [0, 0.1) is 11.6 Å². The Hall–Kier alpha value is -2.01. The highest BCUT2D eigenvalue weighted by atomic mass is 19.1. The molecule has 1 aromatic carbocycles. The summed E-state index contributed by atoms with van der Waals surface area (Å²) in [7, 11) is 1.51. The van der Waals surface area contributed by atoms with Crippen molar-refractivity contribution in [1.82, 2.24) is 10.3 Å². The lowest BCUT2D eigenvalue weighted by Crippen LogP contribution is -2.23. The number of ether oxygens (including phenoxy) is 1. The minimum atomic E-state index is -0.606. The third-order valence-corrected chi connectivity index (χ3v) is 2.93. The van der Waals surface area contributed by atoms with Gasteiger partial charge >= 0.3 is 0 Å². The number of nitrogens with zero attached hydrogens (tertiary/aromatic N) is 1. The van der Waals surface area contributed by atoms with Crippen molar-refractivity contribution in [3.05, 3.63) is 59.3 Å². The van der Waals surface area contributed by atoms with E-state index in [1.807, 2.05) is 13.0 Å². The zero-order chi connectivity index (χ0) is 14.5. The van der Waals surface area contributed by atoms with Crippen LogP contribution >= 0.6 is 0 Å². The van der Waals surface area contributed by atoms with Gasteiger partial charge < -0.3 is 10.1 Å². The predicted molar refractivity (Wildman–Crippen MR) is 72.7 cm³/mol. The van der Waals surface area contributed by atoms with Crippen LogP contribution in [0.1, 0.15) is 24.1 Å². The molecule has 0 bridgehead atoms. The summed E-state index contributed by atoms with van der Waals surface area (Å²) in [6, 6.07) is 6.67. The van der Waals surface area contributed by atoms with Crippen LogP contribution in [0.15, 0.2) is 36.5 Å². The Morgan fingerprint density at radius 1 is 1.25 bits per heavy atom. The number of benzene rings is 1. The van der Waals surface area contributed by atoms with Crippen molar-refractivity contribution in [1.29, 1.82) is 0 Å². The van der Waals surface area contributed by atoms with Gasteiger partial charge in [0.2, 0.25) is 5.88 Å². The zero-order valence-electron chi connectivity index (χ0n) is 11.4. The summed E-state index contributed by atoms with van der Waals surface area (Å²) in [5.41, 5.74) is 1.23. The maximum Gasteiger partial charge on any atom is 0.218 e. The van der Waals surface area contributed by atoms with E-state index in [-0.39, 0.29) is 6.04 Å². The summed E-state index contributed by atoms with van der Waals surface area (Å²) in [5, 5.41) is 3.19. The quantitative estimate of drug-likeness (QED) is 0.912. The lowest BCUT2D eigenvalue weighted by molar-refractivity contribution is 0.387. The maximum atomic E-state index is 13.4. The standard InChI is InChI=1S/C15H16F2N2O/c1-3-18-14(10-7-11(16)9-12(17)8-10)13-5-4-6-19-15(13)20-2/h4-9,14,18H,3H2,1-2H3. The van der Waals surface area contributed by atoms with Crippen molar-refractivity contribution in [3.8, 4) is 5.88 Å². The lowest BCUT2D eigenvalue weighted by atomic mass is 9.99. The number of methoxy groups -OCH3 is 1. The molecule has 2 aromatic rings. The molecule has 0 aliphatic carbocycles. The van der Waals surface area contributed by atoms with E-state index in [0.29, 0.717) is 18.0 Å². The summed E-state index contributed by atoms with van der Waals surface area (Å²) in [4.78, 5) is 4.12. The van der Waals surface area contributed by atoms with E-state index < -0.39 is 11.6 Å². The van der Waals surface area contributed by atoms with Gasteiger partial charge in [-0.05, 0) is 30.3 Å². The summed E-state index contributed by atoms with van der Waals surface area (Å²) in [5.74, 6) is -0.778. The third kappa shape index (κ3) is 3.11. The zero-order valence-corrected chi connectivity index (χ0v) is 11.4. The van der Waals surface area contributed by atoms with Crippen LogP contribution in [0.2, 0.25) is 0 Å². The molecule has 20 heavy (non-hydrogen) atoms. The number of pyridine rings is 1. The second-order valence-electron chi connectivity index (χ2n) is 4.30. The average molecular weight is 278 g/mol. The second-order valence-corrected chi connectivity index (χ2v) is 4.30. The van der Waals surface area contributed by atoms with E-state index >= 15 is 0 Å². The number of nitrogens with one attached hydrogen (secondary N) is 1. The first-order valence-electron chi connectivity index (χ1n) is 6.34. The average Bonchev–Trinajstić information content (AvgIpc) is 2.43. The summed E-state index contributed by atoms with van der Waals surface area (Å²) < 4.78 is 32.0. The molecular weight excluding hydrogens is 262 g/mol. The van der Waals surface area contributed by atoms with Crippen molar-refractivity contribution in [2.45, 2.75) is 13.0 Å². The molecule has 3 nitrogen and oxygen atoms in total. The fraction of sp³-hybridized carbons (Fsp3) is 0.267. The number of halogens is 2. The van der Waals surface area contributed by atoms with Gasteiger partial charge in [0.25, 0.3) is 0 Å². The predicted octanol–water partition coefficient (Wildman–Crippen LogP) is 3.07. The Morgan fingerprint density at radius 2 is 1.95 bits per heavy atom. The van der Waals surface area contributed by atoms with E-state index in [1.165, 1.54) is 19.2 Å². The van der Waals surface area contributed by atoms with Crippen molar-refractivity contribution in [3.63, 3.8) is 0 Å². The highest BCUT2D eigenvalue weighted by Crippen LogP contribution is 2.29. The van der Waals surface area contributed by atoms with Crippen LogP contribution in [0.3, 0.4) is 0 Å². The molecule has 0 saturated heterocycles. The Balaban J connectivity index is 2.50. The normalized spacial score (nSPS) is 12.2. The molecule has 106 valence electrons. The minimum absolute atomic E-state index is 0.381. The van der Waals surface area contributed by atoms with Crippen molar-refractivity contribution < 1.29 is 13.5 Å². The number of hydrogen-bond donors (Lipinski definition) is 1. The lowest BCUT2D eigenvalue weighted by Gasteiger charge is -2.20. The highest BCUT2D eigenvalue weighted by molar-refractivity contribution is 5.37. The maximum absolute atomic E-state index is 13.4. The van der Waals surface area contributed by atoms with Gasteiger partial charge in [0.05, 0.1) is 13.2 Å². The topological polar surface area (TPSA) is 34.2 Å². The van der Waals surface area contributed by atoms with Crippen molar-refractivity contribution in [2.75, 3.05) is 13.7 Å². The van der Waals surface area contributed by atoms with E-state index in [9.17, 15) is 8.78 Å². The molecule has 0 fully saturated rings. The molecule has 1 aromatic heterocycles. The molecule has 0 amide bonds. The molecule has 0 radical (unpaired) electrons. The van der Waals surface area contributed by atoms with Crippen LogP contribution in [-0.2, 0) is 0 Å². The molecule has 0 spiro atoms. The Bertz CT molecular complexity index is 570. The first-order chi connectivity index (χ1) is 9.65. The van der Waals surface area contributed by atoms with Gasteiger partial charge in [-0.15, -0.1) is 0 Å². The van der Waals surface area contributed by atoms with Gasteiger partial charge in [0, 0.05) is 17.8 Å². The van der Waals surface area contributed by atoms with Crippen molar-refractivity contribution >= 4 is 0 Å². The van der Waals surface area contributed by atoms with Crippen LogP contribution in [0.5, 0.6) is 5.88 Å². The first kappa shape index (κ1) is 14.4. The Labute approximate surface area is 116 Å². The molecule has 1 N–H and O–H groups in total. The minimum Gasteiger partial charge on any atom is -0.481 e. The molecule has 1 heterocycles. The first-order valence-corrected chi connectivity index (χ1v) is 6.34. The van der Waals surface area contributed by atoms with E-state index in [0.717, 1.165) is 11.6 Å². The number of hydrogen-bond acceptors (Lipinski definition) is 3. The van der Waals surface area contributed by atoms with Gasteiger partial charge in [0.1, 0.15) is 11.6 Å².